The summed E-state index contributed by atoms with van der Waals surface area (Å²) < 4.78 is 5.13. The molecule has 0 aromatic carbocycles. The normalized spacial score (nSPS) is 27.1. The Hall–Kier alpha value is -1.56. The molecule has 2 aliphatic heterocycles. The minimum Gasteiger partial charge on any atom is -0.463 e. The molecule has 0 unspecified atom stereocenters. The van der Waals surface area contributed by atoms with Gasteiger partial charge in [0.1, 0.15) is 0 Å². The van der Waals surface area contributed by atoms with E-state index in [2.05, 4.69) is 22.5 Å². The lowest BCUT2D eigenvalue weighted by Gasteiger charge is -2.36. The van der Waals surface area contributed by atoms with E-state index in [0.29, 0.717) is 30.5 Å². The number of carbonyl (C=O) groups excluding carboxylic acids is 2. The predicted molar refractivity (Wildman–Crippen MR) is 79.7 cm³/mol. The van der Waals surface area contributed by atoms with Crippen LogP contribution in [-0.2, 0) is 9.53 Å². The van der Waals surface area contributed by atoms with E-state index in [-0.39, 0.29) is 18.0 Å². The minimum atomic E-state index is -0.350. The van der Waals surface area contributed by atoms with Crippen LogP contribution < -0.4 is 10.6 Å². The summed E-state index contributed by atoms with van der Waals surface area (Å²) in [6.07, 6.45) is 3.56. The molecule has 2 amide bonds. The second-order valence-corrected chi connectivity index (χ2v) is 5.75. The Morgan fingerprint density at radius 3 is 2.81 bits per heavy atom. The number of esters is 1. The highest BCUT2D eigenvalue weighted by Gasteiger charge is 2.31. The third kappa shape index (κ3) is 3.75. The zero-order chi connectivity index (χ0) is 15.4. The Bertz CT molecular complexity index is 447. The van der Waals surface area contributed by atoms with Crippen LogP contribution in [0.5, 0.6) is 0 Å². The van der Waals surface area contributed by atoms with Crippen molar-refractivity contribution in [1.29, 1.82) is 0 Å². The monoisotopic (exact) mass is 295 g/mol. The molecule has 0 radical (unpaired) electrons. The number of piperidine rings is 1. The molecule has 0 aromatic rings. The molecule has 21 heavy (non-hydrogen) atoms. The average Bonchev–Trinajstić information content (AvgIpc) is 2.41. The summed E-state index contributed by atoms with van der Waals surface area (Å²) >= 11 is 0. The molecule has 0 aliphatic carbocycles. The molecule has 118 valence electrons. The molecule has 0 saturated carbocycles. The fraction of sp³-hybridized carbons (Fsp3) is 0.733. The van der Waals surface area contributed by atoms with E-state index >= 15 is 0 Å². The minimum absolute atomic E-state index is 0.254. The van der Waals surface area contributed by atoms with E-state index in [4.69, 9.17) is 4.74 Å². The third-order valence-corrected chi connectivity index (χ3v) is 4.17. The van der Waals surface area contributed by atoms with Crippen LogP contribution in [-0.4, -0.2) is 48.7 Å². The van der Waals surface area contributed by atoms with Crippen molar-refractivity contribution in [3.63, 3.8) is 0 Å². The molecule has 2 heterocycles. The summed E-state index contributed by atoms with van der Waals surface area (Å²) in [6.45, 7) is 7.70. The van der Waals surface area contributed by atoms with Gasteiger partial charge in [-0.3, -0.25) is 4.90 Å². The topological polar surface area (TPSA) is 70.7 Å². The maximum Gasteiger partial charge on any atom is 0.337 e. The SMILES string of the molecule is CCOC(=O)C1=C(CN2CCCC[C@@H]2C)NC(=O)N[C@@H]1C. The van der Waals surface area contributed by atoms with Crippen LogP contribution in [0.4, 0.5) is 4.79 Å². The highest BCUT2D eigenvalue weighted by atomic mass is 16.5. The Kier molecular flexibility index (Phi) is 5.22. The van der Waals surface area contributed by atoms with Crippen LogP contribution >= 0.6 is 0 Å². The molecule has 2 N–H and O–H groups in total. The fourth-order valence-corrected chi connectivity index (χ4v) is 3.00. The van der Waals surface area contributed by atoms with Gasteiger partial charge in [-0.15, -0.1) is 0 Å². The Morgan fingerprint density at radius 2 is 2.14 bits per heavy atom. The largest absolute Gasteiger partial charge is 0.463 e. The second kappa shape index (κ2) is 6.93. The average molecular weight is 295 g/mol. The predicted octanol–water partition coefficient (Wildman–Crippen LogP) is 1.38. The Labute approximate surface area is 125 Å². The van der Waals surface area contributed by atoms with Crippen molar-refractivity contribution < 1.29 is 14.3 Å². The number of likely N-dealkylation sites (tertiary alicyclic amines) is 1. The van der Waals surface area contributed by atoms with Gasteiger partial charge in [-0.25, -0.2) is 9.59 Å². The van der Waals surface area contributed by atoms with Gasteiger partial charge in [0.15, 0.2) is 0 Å². The maximum atomic E-state index is 12.2. The van der Waals surface area contributed by atoms with Gasteiger partial charge in [0.05, 0.1) is 18.2 Å². The van der Waals surface area contributed by atoms with Gasteiger partial charge in [-0.05, 0) is 40.2 Å². The zero-order valence-corrected chi connectivity index (χ0v) is 13.1. The Balaban J connectivity index is 2.21. The van der Waals surface area contributed by atoms with E-state index in [1.54, 1.807) is 6.92 Å². The lowest BCUT2D eigenvalue weighted by Crippen LogP contribution is -2.52. The van der Waals surface area contributed by atoms with Crippen molar-refractivity contribution in [3.8, 4) is 0 Å². The number of hydrogen-bond acceptors (Lipinski definition) is 4. The third-order valence-electron chi connectivity index (χ3n) is 4.17. The van der Waals surface area contributed by atoms with Crippen molar-refractivity contribution in [2.45, 2.75) is 52.1 Å². The number of rotatable bonds is 4. The molecule has 2 atom stereocenters. The summed E-state index contributed by atoms with van der Waals surface area (Å²) in [6, 6.07) is -0.111. The molecule has 2 aliphatic rings. The number of ether oxygens (including phenoxy) is 1. The Morgan fingerprint density at radius 1 is 1.38 bits per heavy atom. The van der Waals surface area contributed by atoms with Gasteiger partial charge in [0.2, 0.25) is 0 Å². The quantitative estimate of drug-likeness (QED) is 0.769. The lowest BCUT2D eigenvalue weighted by molar-refractivity contribution is -0.139. The van der Waals surface area contributed by atoms with E-state index in [1.807, 2.05) is 6.92 Å². The van der Waals surface area contributed by atoms with Gasteiger partial charge >= 0.3 is 12.0 Å². The summed E-state index contributed by atoms with van der Waals surface area (Å²) in [7, 11) is 0. The van der Waals surface area contributed by atoms with Crippen LogP contribution in [0, 0.1) is 0 Å². The first-order valence-corrected chi connectivity index (χ1v) is 7.74. The molecule has 0 spiro atoms. The van der Waals surface area contributed by atoms with Gasteiger partial charge in [-0.2, -0.15) is 0 Å². The number of nitrogens with one attached hydrogen (secondary N) is 2. The summed E-state index contributed by atoms with van der Waals surface area (Å²) in [5.41, 5.74) is 1.22. The molecular formula is C15H25N3O3. The molecule has 1 saturated heterocycles. The highest BCUT2D eigenvalue weighted by Crippen LogP contribution is 2.20. The second-order valence-electron chi connectivity index (χ2n) is 5.75. The summed E-state index contributed by atoms with van der Waals surface area (Å²) in [5.74, 6) is -0.350. The van der Waals surface area contributed by atoms with Crippen LogP contribution in [0.2, 0.25) is 0 Å². The highest BCUT2D eigenvalue weighted by molar-refractivity contribution is 5.94. The van der Waals surface area contributed by atoms with Crippen molar-refractivity contribution in [3.05, 3.63) is 11.3 Å². The number of urea groups is 1. The number of nitrogens with zero attached hydrogens (tertiary/aromatic N) is 1. The van der Waals surface area contributed by atoms with E-state index in [9.17, 15) is 9.59 Å². The van der Waals surface area contributed by atoms with Gasteiger partial charge < -0.3 is 15.4 Å². The molecule has 1 fully saturated rings. The first kappa shape index (κ1) is 15.8. The lowest BCUT2D eigenvalue weighted by atomic mass is 10.0. The number of carbonyl (C=O) groups is 2. The van der Waals surface area contributed by atoms with E-state index in [0.717, 1.165) is 19.4 Å². The molecule has 2 rings (SSSR count). The van der Waals surface area contributed by atoms with Crippen molar-refractivity contribution in [2.24, 2.45) is 0 Å². The first-order chi connectivity index (χ1) is 10.0. The van der Waals surface area contributed by atoms with Crippen LogP contribution in [0.1, 0.15) is 40.0 Å². The summed E-state index contributed by atoms with van der Waals surface area (Å²) in [4.78, 5) is 26.2. The standard InChI is InChI=1S/C15H25N3O3/c1-4-21-14(19)13-11(3)16-15(20)17-12(13)9-18-8-6-5-7-10(18)2/h10-11H,4-9H2,1-3H3,(H2,16,17,20)/t10-,11+/m0/s1. The maximum absolute atomic E-state index is 12.2. The molecule has 0 bridgehead atoms. The van der Waals surface area contributed by atoms with Gasteiger partial charge in [0.25, 0.3) is 0 Å². The zero-order valence-electron chi connectivity index (χ0n) is 13.1. The molecular weight excluding hydrogens is 270 g/mol. The fourth-order valence-electron chi connectivity index (χ4n) is 3.00. The number of amides is 2. The molecule has 6 nitrogen and oxygen atoms in total. The van der Waals surface area contributed by atoms with E-state index < -0.39 is 0 Å². The van der Waals surface area contributed by atoms with Crippen molar-refractivity contribution >= 4 is 12.0 Å². The van der Waals surface area contributed by atoms with Gasteiger partial charge in [0, 0.05) is 18.3 Å². The van der Waals surface area contributed by atoms with Gasteiger partial charge in [-0.1, -0.05) is 6.42 Å². The summed E-state index contributed by atoms with van der Waals surface area (Å²) in [5, 5.41) is 5.51. The first-order valence-electron chi connectivity index (χ1n) is 7.74. The molecule has 6 heteroatoms. The van der Waals surface area contributed by atoms with Crippen LogP contribution in [0.25, 0.3) is 0 Å². The smallest absolute Gasteiger partial charge is 0.337 e. The molecule has 0 aromatic heterocycles. The van der Waals surface area contributed by atoms with E-state index in [1.165, 1.54) is 6.42 Å². The van der Waals surface area contributed by atoms with Crippen LogP contribution in [0.3, 0.4) is 0 Å². The van der Waals surface area contributed by atoms with Crippen molar-refractivity contribution in [2.75, 3.05) is 19.7 Å². The van der Waals surface area contributed by atoms with Crippen LogP contribution in [0.15, 0.2) is 11.3 Å². The van der Waals surface area contributed by atoms with Crippen molar-refractivity contribution in [1.82, 2.24) is 15.5 Å². The number of hydrogen-bond donors (Lipinski definition) is 2.